The first-order valence-corrected chi connectivity index (χ1v) is 10.8. The topological polar surface area (TPSA) is 95.2 Å². The molecule has 7 nitrogen and oxygen atoms in total. The van der Waals surface area contributed by atoms with Crippen molar-refractivity contribution in [3.05, 3.63) is 76.5 Å². The number of hydrogen-bond acceptors (Lipinski definition) is 5. The van der Waals surface area contributed by atoms with Gasteiger partial charge in [-0.1, -0.05) is 35.9 Å². The Balaban J connectivity index is 0.000000139. The molecule has 0 aliphatic carbocycles. The van der Waals surface area contributed by atoms with Gasteiger partial charge in [-0.25, -0.2) is 13.8 Å². The van der Waals surface area contributed by atoms with Crippen LogP contribution in [-0.2, 0) is 20.4 Å². The van der Waals surface area contributed by atoms with Gasteiger partial charge in [0.25, 0.3) is 0 Å². The van der Waals surface area contributed by atoms with Crippen LogP contribution in [0.3, 0.4) is 0 Å². The number of anilines is 2. The van der Waals surface area contributed by atoms with Gasteiger partial charge in [-0.3, -0.25) is 9.59 Å². The summed E-state index contributed by atoms with van der Waals surface area (Å²) in [4.78, 5) is 28.1. The van der Waals surface area contributed by atoms with Gasteiger partial charge in [-0.15, -0.1) is 0 Å². The first kappa shape index (κ1) is 21.7. The smallest absolute Gasteiger partial charge is 0.241 e. The lowest BCUT2D eigenvalue weighted by molar-refractivity contribution is -0.120. The summed E-state index contributed by atoms with van der Waals surface area (Å²) in [6, 6.07) is 3.80. The zero-order chi connectivity index (χ0) is 23.2. The molecule has 170 valence electrons. The quantitative estimate of drug-likeness (QED) is 0.443. The highest BCUT2D eigenvalue weighted by molar-refractivity contribution is 6.30. The molecule has 33 heavy (non-hydrogen) atoms. The third-order valence-electron chi connectivity index (χ3n) is 6.29. The number of fused-ring (bicyclic) bond motifs is 4. The van der Waals surface area contributed by atoms with Crippen molar-refractivity contribution >= 4 is 34.9 Å². The molecule has 0 saturated heterocycles. The summed E-state index contributed by atoms with van der Waals surface area (Å²) in [5, 5.41) is 12.0. The van der Waals surface area contributed by atoms with Gasteiger partial charge in [-0.05, 0) is 12.1 Å². The molecule has 0 bridgehead atoms. The van der Waals surface area contributed by atoms with Crippen LogP contribution in [0.5, 0.6) is 0 Å². The Morgan fingerprint density at radius 2 is 1.52 bits per heavy atom. The Morgan fingerprint density at radius 1 is 0.879 bits per heavy atom. The van der Waals surface area contributed by atoms with E-state index in [4.69, 9.17) is 11.6 Å². The van der Waals surface area contributed by atoms with Gasteiger partial charge in [0.2, 0.25) is 11.8 Å². The number of rotatable bonds is 0. The summed E-state index contributed by atoms with van der Waals surface area (Å²) in [7, 11) is 0. The first-order chi connectivity index (χ1) is 15.9. The maximum Gasteiger partial charge on any atom is 0.241 e. The van der Waals surface area contributed by atoms with E-state index in [-0.39, 0.29) is 17.5 Å². The van der Waals surface area contributed by atoms with Crippen molar-refractivity contribution in [2.45, 2.75) is 10.8 Å². The lowest BCUT2D eigenvalue weighted by Gasteiger charge is -2.27. The molecule has 10 heteroatoms. The van der Waals surface area contributed by atoms with Crippen LogP contribution in [0, 0.1) is 11.6 Å². The maximum absolute atomic E-state index is 13.6. The molecule has 6 rings (SSSR count). The van der Waals surface area contributed by atoms with Gasteiger partial charge in [-0.2, -0.15) is 0 Å². The van der Waals surface area contributed by atoms with Crippen molar-refractivity contribution in [3.63, 3.8) is 0 Å². The molecule has 0 fully saturated rings. The zero-order valence-corrected chi connectivity index (χ0v) is 18.1. The van der Waals surface area contributed by atoms with Crippen LogP contribution in [0.4, 0.5) is 20.3 Å². The van der Waals surface area contributed by atoms with Gasteiger partial charge in [0.15, 0.2) is 0 Å². The number of nitrogens with one attached hydrogen (secondary N) is 4. The minimum atomic E-state index is -0.976. The number of benzene rings is 1. The van der Waals surface area contributed by atoms with E-state index in [1.54, 1.807) is 24.4 Å². The Morgan fingerprint density at radius 3 is 2.15 bits per heavy atom. The highest BCUT2D eigenvalue weighted by Crippen LogP contribution is 2.41. The van der Waals surface area contributed by atoms with Crippen LogP contribution in [0.2, 0.25) is 5.02 Å². The average Bonchev–Trinajstić information content (AvgIpc) is 3.22. The lowest BCUT2D eigenvalue weighted by Crippen LogP contribution is -2.45. The standard InChI is InChI=1S/C12H10F2N2O.C11H10ClN3O/c13-7-4-8-10(9(14)5-7)16-11(17)12(8)2-1-3-15-6-12;12-7-4-8-9(14-5-7)15-10(16)11(8)2-1-3-13-6-11/h1-2,4-5,15H,3,6H2,(H,16,17);1-2,4-5,13H,3,6H2,(H,14,15,16)/t12-;11-/m11/s1. The summed E-state index contributed by atoms with van der Waals surface area (Å²) < 4.78 is 26.8. The van der Waals surface area contributed by atoms with Crippen molar-refractivity contribution in [1.29, 1.82) is 0 Å². The van der Waals surface area contributed by atoms with Crippen LogP contribution in [0.1, 0.15) is 11.1 Å². The van der Waals surface area contributed by atoms with E-state index in [9.17, 15) is 18.4 Å². The third kappa shape index (κ3) is 3.43. The van der Waals surface area contributed by atoms with Gasteiger partial charge in [0.1, 0.15) is 28.3 Å². The van der Waals surface area contributed by atoms with E-state index >= 15 is 0 Å². The molecule has 4 N–H and O–H groups in total. The minimum Gasteiger partial charge on any atom is -0.322 e. The van der Waals surface area contributed by atoms with Gasteiger partial charge in [0, 0.05) is 49.6 Å². The van der Waals surface area contributed by atoms with Gasteiger partial charge in [0.05, 0.1) is 10.7 Å². The maximum atomic E-state index is 13.6. The molecule has 0 radical (unpaired) electrons. The van der Waals surface area contributed by atoms with Crippen LogP contribution in [-0.4, -0.2) is 43.0 Å². The molecule has 4 aliphatic rings. The Bertz CT molecular complexity index is 1230. The number of nitrogens with zero attached hydrogens (tertiary/aromatic N) is 1. The van der Waals surface area contributed by atoms with Crippen LogP contribution in [0.15, 0.2) is 48.7 Å². The Hall–Kier alpha value is -3.14. The van der Waals surface area contributed by atoms with Gasteiger partial charge >= 0.3 is 0 Å². The fraction of sp³-hybridized carbons (Fsp3) is 0.261. The van der Waals surface area contributed by atoms with E-state index in [0.717, 1.165) is 18.2 Å². The summed E-state index contributed by atoms with van der Waals surface area (Å²) in [5.41, 5.74) is -0.302. The van der Waals surface area contributed by atoms with Crippen molar-refractivity contribution < 1.29 is 18.4 Å². The third-order valence-corrected chi connectivity index (χ3v) is 6.49. The van der Waals surface area contributed by atoms with Crippen molar-refractivity contribution in [3.8, 4) is 0 Å². The molecule has 2 spiro atoms. The predicted octanol–water partition coefficient (Wildman–Crippen LogP) is 2.40. The zero-order valence-electron chi connectivity index (χ0n) is 17.3. The summed E-state index contributed by atoms with van der Waals surface area (Å²) in [5.74, 6) is -1.15. The lowest BCUT2D eigenvalue weighted by atomic mass is 9.79. The molecule has 2 aromatic rings. The monoisotopic (exact) mass is 471 g/mol. The summed E-state index contributed by atoms with van der Waals surface area (Å²) in [6.45, 7) is 2.39. The molecule has 2 amide bonds. The second-order valence-corrected chi connectivity index (χ2v) is 8.71. The number of pyridine rings is 1. The highest BCUT2D eigenvalue weighted by Gasteiger charge is 2.47. The first-order valence-electron chi connectivity index (χ1n) is 10.4. The summed E-state index contributed by atoms with van der Waals surface area (Å²) >= 11 is 5.93. The van der Waals surface area contributed by atoms with E-state index in [0.29, 0.717) is 36.0 Å². The average molecular weight is 472 g/mol. The highest BCUT2D eigenvalue weighted by atomic mass is 35.5. The van der Waals surface area contributed by atoms with Gasteiger partial charge < -0.3 is 21.3 Å². The van der Waals surface area contributed by atoms with Crippen LogP contribution < -0.4 is 21.3 Å². The van der Waals surface area contributed by atoms with Crippen molar-refractivity contribution in [1.82, 2.24) is 15.6 Å². The van der Waals surface area contributed by atoms with Crippen molar-refractivity contribution in [2.24, 2.45) is 0 Å². The van der Waals surface area contributed by atoms with E-state index in [1.165, 1.54) is 6.07 Å². The number of carbonyl (C=O) groups is 2. The molecule has 4 aliphatic heterocycles. The minimum absolute atomic E-state index is 0.0410. The second kappa shape index (κ2) is 8.02. The van der Waals surface area contributed by atoms with E-state index in [1.807, 2.05) is 12.2 Å². The molecule has 0 unspecified atom stereocenters. The number of aromatic nitrogens is 1. The van der Waals surface area contributed by atoms with E-state index < -0.39 is 22.5 Å². The molecule has 5 heterocycles. The molecular formula is C23H20ClF2N5O2. The van der Waals surface area contributed by atoms with Crippen LogP contribution >= 0.6 is 11.6 Å². The van der Waals surface area contributed by atoms with Crippen molar-refractivity contribution in [2.75, 3.05) is 36.8 Å². The Labute approximate surface area is 193 Å². The molecule has 1 aromatic carbocycles. The summed E-state index contributed by atoms with van der Waals surface area (Å²) in [6.07, 6.45) is 8.94. The second-order valence-electron chi connectivity index (χ2n) is 8.28. The predicted molar refractivity (Wildman–Crippen MR) is 120 cm³/mol. The van der Waals surface area contributed by atoms with Crippen LogP contribution in [0.25, 0.3) is 0 Å². The fourth-order valence-corrected chi connectivity index (χ4v) is 4.80. The molecule has 2 atom stereocenters. The fourth-order valence-electron chi connectivity index (χ4n) is 4.65. The Kier molecular flexibility index (Phi) is 5.27. The largest absolute Gasteiger partial charge is 0.322 e. The van der Waals surface area contributed by atoms with E-state index in [2.05, 4.69) is 26.3 Å². The molecule has 1 aromatic heterocycles. The molecule has 0 saturated carbocycles. The number of carbonyl (C=O) groups excluding carboxylic acids is 2. The number of hydrogen-bond donors (Lipinski definition) is 4. The molecular weight excluding hydrogens is 452 g/mol. The normalized spacial score (nSPS) is 26.5. The SMILES string of the molecule is O=C1Nc2c(F)cc(F)cc2[C@]12C=CCNC2.O=C1Nc2ncc(Cl)cc2[C@]12C=CCNC2. The number of halogens is 3. The number of amides is 2.